The summed E-state index contributed by atoms with van der Waals surface area (Å²) in [7, 11) is 1.11. The highest BCUT2D eigenvalue weighted by atomic mass is 32.1. The molecule has 1 amide bonds. The van der Waals surface area contributed by atoms with E-state index in [9.17, 15) is 19.6 Å². The summed E-state index contributed by atoms with van der Waals surface area (Å²) < 4.78 is 4.71. The van der Waals surface area contributed by atoms with E-state index in [0.717, 1.165) is 7.11 Å². The molecule has 0 radical (unpaired) electrons. The maximum atomic E-state index is 12.5. The number of benzene rings is 1. The van der Waals surface area contributed by atoms with Gasteiger partial charge < -0.3 is 15.4 Å². The van der Waals surface area contributed by atoms with Crippen LogP contribution in [-0.2, 0) is 14.3 Å². The molecule has 1 heterocycles. The Morgan fingerprint density at radius 3 is 2.61 bits per heavy atom. The third kappa shape index (κ3) is 3.05. The zero-order chi connectivity index (χ0) is 17.0. The molecule has 0 spiro atoms. The van der Waals surface area contributed by atoms with Crippen molar-refractivity contribution < 1.29 is 19.1 Å². The average Bonchev–Trinajstić information content (AvgIpc) is 2.54. The van der Waals surface area contributed by atoms with Gasteiger partial charge in [-0.15, -0.1) is 0 Å². The van der Waals surface area contributed by atoms with E-state index >= 15 is 0 Å². The highest BCUT2D eigenvalue weighted by Gasteiger charge is 2.55. The van der Waals surface area contributed by atoms with Crippen LogP contribution < -0.4 is 10.6 Å². The van der Waals surface area contributed by atoms with Gasteiger partial charge in [0.25, 0.3) is 0 Å². The Morgan fingerprint density at radius 2 is 2.04 bits per heavy atom. The molecule has 1 aliphatic rings. The van der Waals surface area contributed by atoms with Gasteiger partial charge in [-0.3, -0.25) is 9.59 Å². The predicted octanol–water partition coefficient (Wildman–Crippen LogP) is 0.315. The third-order valence-electron chi connectivity index (χ3n) is 3.54. The van der Waals surface area contributed by atoms with E-state index in [0.29, 0.717) is 5.56 Å². The minimum absolute atomic E-state index is 0.132. The first kappa shape index (κ1) is 16.6. The SMILES string of the molecule is COC(=O)C1(CC(=O)c2ccccc2)NC(=S)NC(=O)C1C#N. The number of nitrogens with zero attached hydrogens (tertiary/aromatic N) is 1. The summed E-state index contributed by atoms with van der Waals surface area (Å²) in [5, 5.41) is 14.0. The van der Waals surface area contributed by atoms with Crippen LogP contribution in [0.2, 0.25) is 0 Å². The van der Waals surface area contributed by atoms with E-state index in [2.05, 4.69) is 10.6 Å². The van der Waals surface area contributed by atoms with E-state index in [4.69, 9.17) is 17.0 Å². The highest BCUT2D eigenvalue weighted by Crippen LogP contribution is 2.28. The maximum Gasteiger partial charge on any atom is 0.334 e. The summed E-state index contributed by atoms with van der Waals surface area (Å²) >= 11 is 4.90. The fraction of sp³-hybridized carbons (Fsp3) is 0.267. The molecule has 1 aromatic carbocycles. The first-order valence-electron chi connectivity index (χ1n) is 6.64. The Labute approximate surface area is 137 Å². The zero-order valence-corrected chi connectivity index (χ0v) is 13.0. The van der Waals surface area contributed by atoms with Crippen molar-refractivity contribution in [1.82, 2.24) is 10.6 Å². The average molecular weight is 331 g/mol. The number of thiocarbonyl (C=S) groups is 1. The number of nitriles is 1. The number of hydrogen-bond donors (Lipinski definition) is 2. The number of methoxy groups -OCH3 is 1. The number of nitrogens with one attached hydrogen (secondary N) is 2. The largest absolute Gasteiger partial charge is 0.467 e. The van der Waals surface area contributed by atoms with Gasteiger partial charge in [0.2, 0.25) is 5.91 Å². The molecule has 0 bridgehead atoms. The van der Waals surface area contributed by atoms with Gasteiger partial charge in [-0.05, 0) is 12.2 Å². The molecule has 1 fully saturated rings. The van der Waals surface area contributed by atoms with Crippen molar-refractivity contribution >= 4 is 35.0 Å². The van der Waals surface area contributed by atoms with Crippen LogP contribution in [0.25, 0.3) is 0 Å². The Kier molecular flexibility index (Phi) is 4.71. The summed E-state index contributed by atoms with van der Waals surface area (Å²) in [6.45, 7) is 0. The number of carbonyl (C=O) groups excluding carboxylic acids is 3. The number of ketones is 1. The smallest absolute Gasteiger partial charge is 0.334 e. The van der Waals surface area contributed by atoms with Crippen LogP contribution in [0.15, 0.2) is 30.3 Å². The van der Waals surface area contributed by atoms with Crippen LogP contribution in [0.3, 0.4) is 0 Å². The second-order valence-corrected chi connectivity index (χ2v) is 5.34. The lowest BCUT2D eigenvalue weighted by molar-refractivity contribution is -0.152. The molecule has 0 aromatic heterocycles. The lowest BCUT2D eigenvalue weighted by atomic mass is 9.77. The van der Waals surface area contributed by atoms with Crippen molar-refractivity contribution in [2.45, 2.75) is 12.0 Å². The van der Waals surface area contributed by atoms with Crippen molar-refractivity contribution in [3.63, 3.8) is 0 Å². The zero-order valence-electron chi connectivity index (χ0n) is 12.2. The first-order chi connectivity index (χ1) is 10.9. The summed E-state index contributed by atoms with van der Waals surface area (Å²) in [6.07, 6.45) is -0.435. The van der Waals surface area contributed by atoms with Crippen LogP contribution in [0.5, 0.6) is 0 Å². The predicted molar refractivity (Wildman–Crippen MR) is 83.1 cm³/mol. The minimum Gasteiger partial charge on any atom is -0.467 e. The van der Waals surface area contributed by atoms with Crippen molar-refractivity contribution in [3.05, 3.63) is 35.9 Å². The van der Waals surface area contributed by atoms with Crippen LogP contribution >= 0.6 is 12.2 Å². The standard InChI is InChI=1S/C15H13N3O4S/c1-22-13(21)15(7-11(19)9-5-3-2-4-6-9)10(8-16)12(20)17-14(23)18-15/h2-6,10H,7H2,1H3,(H2,17,18,20,23). The number of amides is 1. The molecule has 1 aliphatic heterocycles. The number of rotatable bonds is 4. The summed E-state index contributed by atoms with van der Waals surface area (Å²) in [4.78, 5) is 36.8. The van der Waals surface area contributed by atoms with Gasteiger partial charge in [-0.1, -0.05) is 30.3 Å². The maximum absolute atomic E-state index is 12.5. The van der Waals surface area contributed by atoms with Gasteiger partial charge in [0, 0.05) is 12.0 Å². The van der Waals surface area contributed by atoms with E-state index in [1.807, 2.05) is 0 Å². The molecule has 7 nitrogen and oxygen atoms in total. The van der Waals surface area contributed by atoms with E-state index < -0.39 is 35.5 Å². The van der Waals surface area contributed by atoms with E-state index in [-0.39, 0.29) is 5.11 Å². The summed E-state index contributed by atoms with van der Waals surface area (Å²) in [6, 6.07) is 10.00. The molecule has 8 heteroatoms. The number of carbonyl (C=O) groups is 3. The molecular formula is C15H13N3O4S. The van der Waals surface area contributed by atoms with Crippen molar-refractivity contribution in [2.24, 2.45) is 5.92 Å². The summed E-state index contributed by atoms with van der Waals surface area (Å²) in [5.41, 5.74) is -1.50. The van der Waals surface area contributed by atoms with Gasteiger partial charge in [0.1, 0.15) is 0 Å². The monoisotopic (exact) mass is 331 g/mol. The van der Waals surface area contributed by atoms with Gasteiger partial charge in [0.15, 0.2) is 22.4 Å². The Balaban J connectivity index is 2.45. The molecule has 0 aliphatic carbocycles. The van der Waals surface area contributed by atoms with Crippen LogP contribution in [0, 0.1) is 17.2 Å². The number of ether oxygens (including phenoxy) is 1. The topological polar surface area (TPSA) is 108 Å². The van der Waals surface area contributed by atoms with Gasteiger partial charge in [-0.2, -0.15) is 5.26 Å². The number of esters is 1. The fourth-order valence-electron chi connectivity index (χ4n) is 2.43. The molecule has 23 heavy (non-hydrogen) atoms. The lowest BCUT2D eigenvalue weighted by Gasteiger charge is -2.38. The van der Waals surface area contributed by atoms with E-state index in [1.165, 1.54) is 0 Å². The quantitative estimate of drug-likeness (QED) is 0.464. The highest BCUT2D eigenvalue weighted by molar-refractivity contribution is 7.80. The number of hydrogen-bond acceptors (Lipinski definition) is 6. The molecule has 2 N–H and O–H groups in total. The van der Waals surface area contributed by atoms with Gasteiger partial charge in [0.05, 0.1) is 13.2 Å². The summed E-state index contributed by atoms with van der Waals surface area (Å²) in [5.74, 6) is -3.51. The Hall–Kier alpha value is -2.79. The molecule has 2 atom stereocenters. The fourth-order valence-corrected chi connectivity index (χ4v) is 2.71. The third-order valence-corrected chi connectivity index (χ3v) is 3.75. The van der Waals surface area contributed by atoms with Crippen LogP contribution in [0.1, 0.15) is 16.8 Å². The van der Waals surface area contributed by atoms with Crippen molar-refractivity contribution in [1.29, 1.82) is 5.26 Å². The Morgan fingerprint density at radius 1 is 1.39 bits per heavy atom. The molecule has 2 unspecified atom stereocenters. The van der Waals surface area contributed by atoms with Crippen molar-refractivity contribution in [3.8, 4) is 6.07 Å². The van der Waals surface area contributed by atoms with Gasteiger partial charge >= 0.3 is 5.97 Å². The first-order valence-corrected chi connectivity index (χ1v) is 7.04. The van der Waals surface area contributed by atoms with E-state index in [1.54, 1.807) is 36.4 Å². The molecular weight excluding hydrogens is 318 g/mol. The molecule has 2 rings (SSSR count). The normalized spacial score (nSPS) is 23.2. The molecule has 118 valence electrons. The minimum atomic E-state index is -1.85. The van der Waals surface area contributed by atoms with Crippen LogP contribution in [-0.4, -0.2) is 35.4 Å². The second-order valence-electron chi connectivity index (χ2n) is 4.93. The number of Topliss-reactive ketones (excluding diaryl/α,β-unsaturated/α-hetero) is 1. The Bertz CT molecular complexity index is 713. The molecule has 1 aromatic rings. The van der Waals surface area contributed by atoms with Crippen molar-refractivity contribution in [2.75, 3.05) is 7.11 Å². The van der Waals surface area contributed by atoms with Crippen LogP contribution in [0.4, 0.5) is 0 Å². The second kappa shape index (κ2) is 6.54. The van der Waals surface area contributed by atoms with Gasteiger partial charge in [-0.25, -0.2) is 4.79 Å². The molecule has 0 saturated carbocycles. The molecule has 1 saturated heterocycles. The lowest BCUT2D eigenvalue weighted by Crippen LogP contribution is -2.70.